The SMILES string of the molecule is CCOC(=O)c1c(C)nc(-c2cccc(C)n2)nc1N. The molecule has 0 atom stereocenters. The van der Waals surface area contributed by atoms with Gasteiger partial charge >= 0.3 is 5.97 Å². The first-order valence-corrected chi connectivity index (χ1v) is 6.28. The molecule has 0 fully saturated rings. The Morgan fingerprint density at radius 2 is 2.00 bits per heavy atom. The summed E-state index contributed by atoms with van der Waals surface area (Å²) in [6.07, 6.45) is 0. The molecule has 0 saturated heterocycles. The number of nitrogens with two attached hydrogens (primary N) is 1. The first-order chi connectivity index (χ1) is 9.52. The van der Waals surface area contributed by atoms with Crippen molar-refractivity contribution in [2.24, 2.45) is 0 Å². The standard InChI is InChI=1S/C14H16N4O2/c1-4-20-14(19)11-9(3)17-13(18-12(11)15)10-7-5-6-8(2)16-10/h5-7H,4H2,1-3H3,(H2,15,17,18). The van der Waals surface area contributed by atoms with E-state index in [9.17, 15) is 4.79 Å². The fraction of sp³-hybridized carbons (Fsp3) is 0.286. The maximum absolute atomic E-state index is 11.8. The first kappa shape index (κ1) is 13.9. The number of ether oxygens (including phenoxy) is 1. The van der Waals surface area contributed by atoms with Crippen LogP contribution in [0.5, 0.6) is 0 Å². The van der Waals surface area contributed by atoms with E-state index in [1.807, 2.05) is 19.1 Å². The Hall–Kier alpha value is -2.50. The number of nitrogens with zero attached hydrogens (tertiary/aromatic N) is 3. The highest BCUT2D eigenvalue weighted by Gasteiger charge is 2.18. The molecule has 0 bridgehead atoms. The number of anilines is 1. The lowest BCUT2D eigenvalue weighted by Crippen LogP contribution is -2.13. The van der Waals surface area contributed by atoms with Gasteiger partial charge in [-0.25, -0.2) is 19.7 Å². The van der Waals surface area contributed by atoms with E-state index in [4.69, 9.17) is 10.5 Å². The van der Waals surface area contributed by atoms with Crippen molar-refractivity contribution in [2.75, 3.05) is 12.3 Å². The summed E-state index contributed by atoms with van der Waals surface area (Å²) in [5.74, 6) is -0.00254. The fourth-order valence-corrected chi connectivity index (χ4v) is 1.83. The lowest BCUT2D eigenvalue weighted by molar-refractivity contribution is 0.0526. The van der Waals surface area contributed by atoms with E-state index in [0.717, 1.165) is 5.69 Å². The van der Waals surface area contributed by atoms with E-state index in [-0.39, 0.29) is 18.0 Å². The molecule has 2 rings (SSSR count). The number of carbonyl (C=O) groups excluding carboxylic acids is 1. The van der Waals surface area contributed by atoms with Gasteiger partial charge in [0.25, 0.3) is 0 Å². The molecule has 0 aliphatic carbocycles. The van der Waals surface area contributed by atoms with E-state index >= 15 is 0 Å². The van der Waals surface area contributed by atoms with Crippen LogP contribution in [0, 0.1) is 13.8 Å². The average Bonchev–Trinajstić information content (AvgIpc) is 2.38. The molecule has 0 radical (unpaired) electrons. The molecule has 0 unspecified atom stereocenters. The zero-order valence-corrected chi connectivity index (χ0v) is 11.7. The van der Waals surface area contributed by atoms with Crippen LogP contribution in [-0.4, -0.2) is 27.5 Å². The molecule has 20 heavy (non-hydrogen) atoms. The summed E-state index contributed by atoms with van der Waals surface area (Å²) in [6.45, 7) is 5.59. The van der Waals surface area contributed by atoms with E-state index in [1.54, 1.807) is 19.9 Å². The third-order valence-electron chi connectivity index (χ3n) is 2.71. The van der Waals surface area contributed by atoms with Crippen molar-refractivity contribution in [2.45, 2.75) is 20.8 Å². The second-order valence-electron chi connectivity index (χ2n) is 4.28. The number of aromatic nitrogens is 3. The minimum atomic E-state index is -0.508. The van der Waals surface area contributed by atoms with Crippen molar-refractivity contribution in [1.29, 1.82) is 0 Å². The monoisotopic (exact) mass is 272 g/mol. The summed E-state index contributed by atoms with van der Waals surface area (Å²) in [5.41, 5.74) is 8.02. The van der Waals surface area contributed by atoms with Crippen molar-refractivity contribution < 1.29 is 9.53 Å². The van der Waals surface area contributed by atoms with Crippen LogP contribution >= 0.6 is 0 Å². The topological polar surface area (TPSA) is 91.0 Å². The molecule has 0 aromatic carbocycles. The molecule has 6 nitrogen and oxygen atoms in total. The predicted molar refractivity (Wildman–Crippen MR) is 75.1 cm³/mol. The van der Waals surface area contributed by atoms with Gasteiger partial charge in [0.05, 0.1) is 12.3 Å². The summed E-state index contributed by atoms with van der Waals surface area (Å²) < 4.78 is 4.94. The molecule has 0 aliphatic rings. The van der Waals surface area contributed by atoms with E-state index in [0.29, 0.717) is 17.2 Å². The van der Waals surface area contributed by atoms with Gasteiger partial charge < -0.3 is 10.5 Å². The summed E-state index contributed by atoms with van der Waals surface area (Å²) >= 11 is 0. The Morgan fingerprint density at radius 1 is 1.25 bits per heavy atom. The molecule has 2 aromatic heterocycles. The van der Waals surface area contributed by atoms with Gasteiger partial charge in [0.2, 0.25) is 0 Å². The maximum Gasteiger partial charge on any atom is 0.343 e. The molecule has 0 spiro atoms. The number of hydrogen-bond donors (Lipinski definition) is 1. The third-order valence-corrected chi connectivity index (χ3v) is 2.71. The number of rotatable bonds is 3. The smallest absolute Gasteiger partial charge is 0.343 e. The summed E-state index contributed by atoms with van der Waals surface area (Å²) in [6, 6.07) is 5.55. The molecule has 6 heteroatoms. The van der Waals surface area contributed by atoms with Crippen LogP contribution in [0.2, 0.25) is 0 Å². The van der Waals surface area contributed by atoms with Gasteiger partial charge in [-0.05, 0) is 32.9 Å². The van der Waals surface area contributed by atoms with Gasteiger partial charge in [0, 0.05) is 5.69 Å². The van der Waals surface area contributed by atoms with Gasteiger partial charge in [-0.3, -0.25) is 0 Å². The number of pyridine rings is 1. The van der Waals surface area contributed by atoms with Crippen molar-refractivity contribution >= 4 is 11.8 Å². The Kier molecular flexibility index (Phi) is 3.93. The van der Waals surface area contributed by atoms with Crippen LogP contribution in [-0.2, 0) is 4.74 Å². The highest BCUT2D eigenvalue weighted by Crippen LogP contribution is 2.20. The molecule has 2 heterocycles. The zero-order valence-electron chi connectivity index (χ0n) is 11.7. The van der Waals surface area contributed by atoms with Crippen molar-refractivity contribution in [3.8, 4) is 11.5 Å². The first-order valence-electron chi connectivity index (χ1n) is 6.28. The van der Waals surface area contributed by atoms with Crippen LogP contribution in [0.1, 0.15) is 28.7 Å². The predicted octanol–water partition coefficient (Wildman–Crippen LogP) is 1.91. The van der Waals surface area contributed by atoms with Gasteiger partial charge in [-0.15, -0.1) is 0 Å². The van der Waals surface area contributed by atoms with Crippen molar-refractivity contribution in [3.05, 3.63) is 35.2 Å². The minimum Gasteiger partial charge on any atom is -0.462 e. The van der Waals surface area contributed by atoms with E-state index in [2.05, 4.69) is 15.0 Å². The third kappa shape index (κ3) is 2.74. The summed E-state index contributed by atoms with van der Waals surface area (Å²) in [4.78, 5) is 24.6. The van der Waals surface area contributed by atoms with Crippen LogP contribution in [0.25, 0.3) is 11.5 Å². The van der Waals surface area contributed by atoms with Gasteiger partial charge in [0.1, 0.15) is 17.1 Å². The van der Waals surface area contributed by atoms with Gasteiger partial charge in [0.15, 0.2) is 5.82 Å². The second kappa shape index (κ2) is 5.64. The quantitative estimate of drug-likeness (QED) is 0.858. The molecular weight excluding hydrogens is 256 g/mol. The van der Waals surface area contributed by atoms with E-state index in [1.165, 1.54) is 0 Å². The lowest BCUT2D eigenvalue weighted by atomic mass is 10.2. The maximum atomic E-state index is 11.8. The number of aryl methyl sites for hydroxylation is 2. The number of carbonyl (C=O) groups is 1. The molecule has 0 amide bonds. The Labute approximate surface area is 117 Å². The molecule has 0 aliphatic heterocycles. The van der Waals surface area contributed by atoms with Crippen LogP contribution in [0.3, 0.4) is 0 Å². The summed E-state index contributed by atoms with van der Waals surface area (Å²) in [5, 5.41) is 0. The van der Waals surface area contributed by atoms with Crippen LogP contribution in [0.4, 0.5) is 5.82 Å². The highest BCUT2D eigenvalue weighted by molar-refractivity contribution is 5.95. The Morgan fingerprint density at radius 3 is 2.60 bits per heavy atom. The number of hydrogen-bond acceptors (Lipinski definition) is 6. The zero-order chi connectivity index (χ0) is 14.7. The van der Waals surface area contributed by atoms with Crippen molar-refractivity contribution in [1.82, 2.24) is 15.0 Å². The number of nitrogen functional groups attached to an aromatic ring is 1. The minimum absolute atomic E-state index is 0.106. The molecule has 0 saturated carbocycles. The summed E-state index contributed by atoms with van der Waals surface area (Å²) in [7, 11) is 0. The van der Waals surface area contributed by atoms with Gasteiger partial charge in [-0.2, -0.15) is 0 Å². The molecule has 2 aromatic rings. The largest absolute Gasteiger partial charge is 0.462 e. The lowest BCUT2D eigenvalue weighted by Gasteiger charge is -2.09. The van der Waals surface area contributed by atoms with Crippen LogP contribution in [0.15, 0.2) is 18.2 Å². The van der Waals surface area contributed by atoms with Crippen molar-refractivity contribution in [3.63, 3.8) is 0 Å². The average molecular weight is 272 g/mol. The molecule has 104 valence electrons. The van der Waals surface area contributed by atoms with Gasteiger partial charge in [-0.1, -0.05) is 6.07 Å². The van der Waals surface area contributed by atoms with Crippen LogP contribution < -0.4 is 5.73 Å². The second-order valence-corrected chi connectivity index (χ2v) is 4.28. The Balaban J connectivity index is 2.47. The Bertz CT molecular complexity index is 632. The molecular formula is C14H16N4O2. The fourth-order valence-electron chi connectivity index (χ4n) is 1.83. The number of esters is 1. The normalized spacial score (nSPS) is 10.3. The highest BCUT2D eigenvalue weighted by atomic mass is 16.5. The van der Waals surface area contributed by atoms with E-state index < -0.39 is 5.97 Å². The molecule has 2 N–H and O–H groups in total.